The third kappa shape index (κ3) is 10.4. The molecule has 0 saturated carbocycles. The monoisotopic (exact) mass is 987 g/mol. The third-order valence-electron chi connectivity index (χ3n) is 15.0. The number of anilines is 10. The van der Waals surface area contributed by atoms with Crippen molar-refractivity contribution in [2.75, 3.05) is 81.8 Å². The normalized spacial score (nSPS) is 14.0. The second-order valence-corrected chi connectivity index (χ2v) is 19.6. The minimum atomic E-state index is 0.986. The molecule has 0 amide bonds. The second kappa shape index (κ2) is 22.5. The predicted molar refractivity (Wildman–Crippen MR) is 322 cm³/mol. The zero-order valence-corrected chi connectivity index (χ0v) is 42.9. The van der Waals surface area contributed by atoms with Gasteiger partial charge in [0, 0.05) is 109 Å². The van der Waals surface area contributed by atoms with Crippen molar-refractivity contribution in [1.82, 2.24) is 0 Å². The van der Waals surface area contributed by atoms with E-state index in [9.17, 15) is 0 Å². The summed E-state index contributed by atoms with van der Waals surface area (Å²) in [5, 5.41) is 0. The van der Waals surface area contributed by atoms with Gasteiger partial charge in [0.2, 0.25) is 0 Å². The van der Waals surface area contributed by atoms with Crippen LogP contribution in [0, 0.1) is 0 Å². The van der Waals surface area contributed by atoms with E-state index in [0.29, 0.717) is 0 Å². The van der Waals surface area contributed by atoms with Crippen molar-refractivity contribution in [2.45, 2.75) is 0 Å². The van der Waals surface area contributed by atoms with Gasteiger partial charge in [0.15, 0.2) is 0 Å². The minimum Gasteiger partial charge on any atom is -0.368 e. The molecule has 76 heavy (non-hydrogen) atoms. The molecule has 10 aromatic rings. The Kier molecular flexibility index (Phi) is 14.1. The number of piperazine rings is 2. The Labute approximate surface area is 448 Å². The zero-order chi connectivity index (χ0) is 50.9. The summed E-state index contributed by atoms with van der Waals surface area (Å²) in [7, 11) is 0. The Morgan fingerprint density at radius 2 is 0.395 bits per heavy atom. The van der Waals surface area contributed by atoms with Crippen LogP contribution in [0.1, 0.15) is 22.3 Å². The first-order chi connectivity index (χ1) is 37.7. The molecular weight excluding hydrogens is 925 g/mol. The van der Waals surface area contributed by atoms with Crippen LogP contribution in [0.25, 0.3) is 11.1 Å². The lowest BCUT2D eigenvalue weighted by atomic mass is 9.85. The highest BCUT2D eigenvalue weighted by Crippen LogP contribution is 2.42. The Morgan fingerprint density at radius 3 is 0.671 bits per heavy atom. The average molecular weight is 987 g/mol. The summed E-state index contributed by atoms with van der Waals surface area (Å²) in [6.45, 7) is 7.95. The number of rotatable bonds is 14. The van der Waals surface area contributed by atoms with Crippen LogP contribution in [0.15, 0.2) is 279 Å². The molecule has 0 spiro atoms. The van der Waals surface area contributed by atoms with Crippen molar-refractivity contribution in [2.24, 2.45) is 0 Å². The Hall–Kier alpha value is -9.26. The van der Waals surface area contributed by atoms with Gasteiger partial charge in [0.25, 0.3) is 0 Å². The van der Waals surface area contributed by atoms with Crippen molar-refractivity contribution in [1.29, 1.82) is 0 Å². The number of benzene rings is 10. The highest BCUT2D eigenvalue weighted by atomic mass is 15.3. The number of nitrogens with zero attached hydrogens (tertiary/aromatic N) is 6. The third-order valence-corrected chi connectivity index (χ3v) is 15.0. The van der Waals surface area contributed by atoms with Gasteiger partial charge in [0.1, 0.15) is 0 Å². The van der Waals surface area contributed by atoms with E-state index >= 15 is 0 Å². The first-order valence-corrected chi connectivity index (χ1v) is 26.8. The van der Waals surface area contributed by atoms with Crippen molar-refractivity contribution in [3.8, 4) is 0 Å². The lowest BCUT2D eigenvalue weighted by Gasteiger charge is -2.37. The molecule has 0 radical (unpaired) electrons. The van der Waals surface area contributed by atoms with E-state index in [4.69, 9.17) is 0 Å². The molecule has 2 heterocycles. The summed E-state index contributed by atoms with van der Waals surface area (Å²) in [5.41, 5.74) is 18.7. The summed E-state index contributed by atoms with van der Waals surface area (Å²) in [6.07, 6.45) is 0. The largest absolute Gasteiger partial charge is 0.368 e. The topological polar surface area (TPSA) is 19.4 Å². The molecule has 0 bridgehead atoms. The maximum Gasteiger partial charge on any atom is 0.0463 e. The molecule has 2 aliphatic rings. The summed E-state index contributed by atoms with van der Waals surface area (Å²) in [6, 6.07) is 101. The molecule has 0 aromatic heterocycles. The molecule has 0 N–H and O–H groups in total. The summed E-state index contributed by atoms with van der Waals surface area (Å²) in [4.78, 5) is 14.7. The van der Waals surface area contributed by atoms with Gasteiger partial charge in [-0.25, -0.2) is 0 Å². The standard InChI is InChI=1S/C70H62N6/c1-7-19-55(20-8-1)69(57-31-35-65(36-32-57)75(63-27-15-5-16-28-63)67-43-39-61(40-44-67)73-51-47-71(48-52-73)59-23-11-3-12-24-59)70(56-21-9-2-10-22-56)58-33-37-66(38-34-58)76(64-29-17-6-18-30-64)68-45-41-62(42-46-68)74-53-49-72(50-54-74)60-25-13-4-14-26-60/h1-46H,47-54H2/b70-69+. The predicted octanol–water partition coefficient (Wildman–Crippen LogP) is 16.3. The van der Waals surface area contributed by atoms with Crippen molar-refractivity contribution in [3.05, 3.63) is 301 Å². The maximum atomic E-state index is 2.51. The van der Waals surface area contributed by atoms with Crippen molar-refractivity contribution < 1.29 is 0 Å². The van der Waals surface area contributed by atoms with E-state index in [1.54, 1.807) is 0 Å². The van der Waals surface area contributed by atoms with E-state index in [2.05, 4.69) is 308 Å². The van der Waals surface area contributed by atoms with Crippen LogP contribution in [0.4, 0.5) is 56.9 Å². The van der Waals surface area contributed by atoms with Gasteiger partial charge in [0.05, 0.1) is 0 Å². The van der Waals surface area contributed by atoms with Crippen LogP contribution >= 0.6 is 0 Å². The lowest BCUT2D eigenvalue weighted by molar-refractivity contribution is 0.653. The van der Waals surface area contributed by atoms with Crippen LogP contribution in [0.2, 0.25) is 0 Å². The quantitative estimate of drug-likeness (QED) is 0.100. The molecule has 10 aromatic carbocycles. The first kappa shape index (κ1) is 47.7. The van der Waals surface area contributed by atoms with Gasteiger partial charge in [-0.2, -0.15) is 0 Å². The molecule has 0 unspecified atom stereocenters. The summed E-state index contributed by atoms with van der Waals surface area (Å²) >= 11 is 0. The van der Waals surface area contributed by atoms with E-state index in [0.717, 1.165) is 109 Å². The molecule has 372 valence electrons. The Balaban J connectivity index is 0.860. The van der Waals surface area contributed by atoms with Gasteiger partial charge >= 0.3 is 0 Å². The molecular formula is C70H62N6. The van der Waals surface area contributed by atoms with Gasteiger partial charge in [-0.1, -0.05) is 158 Å². The molecule has 6 nitrogen and oxygen atoms in total. The maximum absolute atomic E-state index is 2.51. The number of para-hydroxylation sites is 4. The van der Waals surface area contributed by atoms with E-state index in [-0.39, 0.29) is 0 Å². The second-order valence-electron chi connectivity index (χ2n) is 19.6. The van der Waals surface area contributed by atoms with E-state index in [1.807, 2.05) is 0 Å². The molecule has 2 fully saturated rings. The Bertz CT molecular complexity index is 3200. The molecule has 2 saturated heterocycles. The Morgan fingerprint density at radius 1 is 0.197 bits per heavy atom. The van der Waals surface area contributed by atoms with Gasteiger partial charge in [-0.05, 0) is 155 Å². The fourth-order valence-corrected chi connectivity index (χ4v) is 11.1. The van der Waals surface area contributed by atoms with Gasteiger partial charge in [-0.3, -0.25) is 0 Å². The van der Waals surface area contributed by atoms with Crippen LogP contribution in [0.5, 0.6) is 0 Å². The van der Waals surface area contributed by atoms with E-state index < -0.39 is 0 Å². The first-order valence-electron chi connectivity index (χ1n) is 26.8. The van der Waals surface area contributed by atoms with Crippen molar-refractivity contribution in [3.63, 3.8) is 0 Å². The molecule has 0 atom stereocenters. The SMILES string of the molecule is c1ccc(/C(=C(/c2ccccc2)c2ccc(N(c3ccccc3)c3ccc(N4CCN(c5ccccc5)CC4)cc3)cc2)c2ccc(N(c3ccccc3)c3ccc(N4CCN(c5ccccc5)CC4)cc3)cc2)cc1. The molecule has 0 aliphatic carbocycles. The minimum absolute atomic E-state index is 0.986. The fraction of sp³-hybridized carbons (Fsp3) is 0.114. The van der Waals surface area contributed by atoms with Crippen LogP contribution in [-0.4, -0.2) is 52.4 Å². The van der Waals surface area contributed by atoms with Gasteiger partial charge < -0.3 is 29.4 Å². The van der Waals surface area contributed by atoms with Crippen LogP contribution in [-0.2, 0) is 0 Å². The highest BCUT2D eigenvalue weighted by molar-refractivity contribution is 6.05. The molecule has 12 rings (SSSR count). The smallest absolute Gasteiger partial charge is 0.0463 e. The number of hydrogen-bond acceptors (Lipinski definition) is 6. The lowest BCUT2D eigenvalue weighted by Crippen LogP contribution is -2.46. The molecule has 2 aliphatic heterocycles. The fourth-order valence-electron chi connectivity index (χ4n) is 11.1. The average Bonchev–Trinajstić information content (AvgIpc) is 3.52. The zero-order valence-electron chi connectivity index (χ0n) is 42.9. The highest BCUT2D eigenvalue weighted by Gasteiger charge is 2.23. The van der Waals surface area contributed by atoms with E-state index in [1.165, 1.54) is 33.9 Å². The summed E-state index contributed by atoms with van der Waals surface area (Å²) < 4.78 is 0. The van der Waals surface area contributed by atoms with Crippen molar-refractivity contribution >= 4 is 68.0 Å². The molecule has 6 heteroatoms. The van der Waals surface area contributed by atoms with Crippen LogP contribution in [0.3, 0.4) is 0 Å². The van der Waals surface area contributed by atoms with Gasteiger partial charge in [-0.15, -0.1) is 0 Å². The summed E-state index contributed by atoms with van der Waals surface area (Å²) in [5.74, 6) is 0. The van der Waals surface area contributed by atoms with Crippen LogP contribution < -0.4 is 29.4 Å². The number of hydrogen-bond donors (Lipinski definition) is 0.